The number of oxazole rings is 1. The highest BCUT2D eigenvalue weighted by Crippen LogP contribution is 2.32. The molecule has 1 atom stereocenters. The number of nitro groups is 1. The second kappa shape index (κ2) is 7.07. The molecule has 1 aromatic heterocycles. The van der Waals surface area contributed by atoms with Gasteiger partial charge in [0.2, 0.25) is 5.89 Å². The van der Waals surface area contributed by atoms with Gasteiger partial charge >= 0.3 is 6.03 Å². The molecule has 0 spiro atoms. The Hall–Kier alpha value is -4.08. The van der Waals surface area contributed by atoms with E-state index in [1.165, 1.54) is 61.7 Å². The van der Waals surface area contributed by atoms with Gasteiger partial charge in [-0.3, -0.25) is 19.8 Å². The highest BCUT2D eigenvalue weighted by molar-refractivity contribution is 6.07. The highest BCUT2D eigenvalue weighted by Gasteiger charge is 2.49. The molecule has 9 nitrogen and oxygen atoms in total. The minimum atomic E-state index is -1.46. The summed E-state index contributed by atoms with van der Waals surface area (Å²) in [4.78, 5) is 40.9. The molecule has 0 aliphatic carbocycles. The van der Waals surface area contributed by atoms with Crippen molar-refractivity contribution in [2.75, 3.05) is 0 Å². The third kappa shape index (κ3) is 3.28. The number of hydrogen-bond acceptors (Lipinski definition) is 6. The van der Waals surface area contributed by atoms with Crippen LogP contribution in [0.3, 0.4) is 0 Å². The lowest BCUT2D eigenvalue weighted by molar-refractivity contribution is -0.385. The third-order valence-corrected chi connectivity index (χ3v) is 4.88. The molecule has 4 rings (SSSR count). The van der Waals surface area contributed by atoms with Gasteiger partial charge in [-0.15, -0.1) is 0 Å². The fourth-order valence-electron chi connectivity index (χ4n) is 3.23. The molecule has 0 saturated carbocycles. The lowest BCUT2D eigenvalue weighted by Gasteiger charge is -2.21. The molecule has 0 radical (unpaired) electrons. The van der Waals surface area contributed by atoms with Gasteiger partial charge < -0.3 is 9.73 Å². The molecule has 3 amide bonds. The second-order valence-electron chi connectivity index (χ2n) is 6.88. The first-order chi connectivity index (χ1) is 14.3. The number of aromatic nitrogens is 1. The molecule has 152 valence electrons. The summed E-state index contributed by atoms with van der Waals surface area (Å²) in [5.41, 5.74) is -0.772. The van der Waals surface area contributed by atoms with Crippen molar-refractivity contribution in [3.05, 3.63) is 82.1 Å². The van der Waals surface area contributed by atoms with E-state index >= 15 is 0 Å². The number of nitro benzene ring substituents is 1. The van der Waals surface area contributed by atoms with Crippen LogP contribution in [0, 0.1) is 15.9 Å². The molecule has 3 aromatic rings. The van der Waals surface area contributed by atoms with Crippen LogP contribution >= 0.6 is 0 Å². The first-order valence-corrected chi connectivity index (χ1v) is 8.87. The summed E-state index contributed by atoms with van der Waals surface area (Å²) in [6.07, 6.45) is 1.42. The average Bonchev–Trinajstić information content (AvgIpc) is 3.28. The number of amides is 3. The van der Waals surface area contributed by atoms with Gasteiger partial charge in [-0.25, -0.2) is 14.2 Å². The monoisotopic (exact) mass is 410 g/mol. The van der Waals surface area contributed by atoms with Crippen LogP contribution in [-0.2, 0) is 16.9 Å². The van der Waals surface area contributed by atoms with Crippen LogP contribution in [0.5, 0.6) is 0 Å². The van der Waals surface area contributed by atoms with Crippen molar-refractivity contribution >= 4 is 17.6 Å². The summed E-state index contributed by atoms with van der Waals surface area (Å²) >= 11 is 0. The zero-order valence-electron chi connectivity index (χ0n) is 15.7. The van der Waals surface area contributed by atoms with Gasteiger partial charge in [-0.2, -0.15) is 0 Å². The van der Waals surface area contributed by atoms with Gasteiger partial charge in [0.1, 0.15) is 17.9 Å². The summed E-state index contributed by atoms with van der Waals surface area (Å²) in [6.45, 7) is 1.25. The molecule has 0 bridgehead atoms. The predicted octanol–water partition coefficient (Wildman–Crippen LogP) is 3.36. The molecule has 10 heteroatoms. The van der Waals surface area contributed by atoms with Gasteiger partial charge in [0.25, 0.3) is 11.6 Å². The molecule has 2 aromatic carbocycles. The maximum absolute atomic E-state index is 13.1. The van der Waals surface area contributed by atoms with E-state index in [0.29, 0.717) is 11.3 Å². The Morgan fingerprint density at radius 1 is 1.23 bits per heavy atom. The number of nitrogens with one attached hydrogen (secondary N) is 1. The van der Waals surface area contributed by atoms with Crippen LogP contribution in [0.1, 0.15) is 18.4 Å². The number of benzene rings is 2. The number of nitrogens with zero attached hydrogens (tertiary/aromatic N) is 3. The number of rotatable bonds is 5. The standard InChI is InChI=1S/C20H15FN4O5/c1-20(13-3-2-4-15(9-13)25(28)29)18(26)24(19(27)23-20)11-17-22-10-16(30-17)12-5-7-14(21)8-6-12/h2-10H,11H2,1H3,(H,23,27). The van der Waals surface area contributed by atoms with Crippen LogP contribution in [0.25, 0.3) is 11.3 Å². The summed E-state index contributed by atoms with van der Waals surface area (Å²) < 4.78 is 18.7. The predicted molar refractivity (Wildman–Crippen MR) is 101 cm³/mol. The van der Waals surface area contributed by atoms with E-state index in [1.807, 2.05) is 0 Å². The fraction of sp³-hybridized carbons (Fsp3) is 0.150. The zero-order chi connectivity index (χ0) is 21.5. The summed E-state index contributed by atoms with van der Waals surface area (Å²) in [6, 6.07) is 10.5. The van der Waals surface area contributed by atoms with Crippen molar-refractivity contribution in [2.45, 2.75) is 19.0 Å². The van der Waals surface area contributed by atoms with Crippen molar-refractivity contribution in [3.63, 3.8) is 0 Å². The zero-order valence-corrected chi connectivity index (χ0v) is 15.7. The fourth-order valence-corrected chi connectivity index (χ4v) is 3.23. The number of urea groups is 1. The lowest BCUT2D eigenvalue weighted by atomic mass is 9.91. The Kier molecular flexibility index (Phi) is 4.53. The number of hydrogen-bond donors (Lipinski definition) is 1. The van der Waals surface area contributed by atoms with E-state index < -0.39 is 28.2 Å². The van der Waals surface area contributed by atoms with Crippen LogP contribution in [-0.4, -0.2) is 26.7 Å². The van der Waals surface area contributed by atoms with Crippen LogP contribution in [0.4, 0.5) is 14.9 Å². The molecular formula is C20H15FN4O5. The maximum Gasteiger partial charge on any atom is 0.325 e. The summed E-state index contributed by atoms with van der Waals surface area (Å²) in [5, 5.41) is 13.6. The van der Waals surface area contributed by atoms with E-state index in [-0.39, 0.29) is 23.7 Å². The van der Waals surface area contributed by atoms with Crippen LogP contribution < -0.4 is 5.32 Å². The minimum absolute atomic E-state index is 0.112. The normalized spacial score (nSPS) is 18.5. The van der Waals surface area contributed by atoms with Gasteiger partial charge in [-0.1, -0.05) is 12.1 Å². The van der Waals surface area contributed by atoms with Crippen molar-refractivity contribution in [1.29, 1.82) is 0 Å². The topological polar surface area (TPSA) is 119 Å². The number of halogens is 1. The smallest absolute Gasteiger partial charge is 0.325 e. The van der Waals surface area contributed by atoms with E-state index in [9.17, 15) is 24.1 Å². The van der Waals surface area contributed by atoms with Crippen molar-refractivity contribution in [1.82, 2.24) is 15.2 Å². The molecule has 1 fully saturated rings. The van der Waals surface area contributed by atoms with Gasteiger partial charge in [0.05, 0.1) is 11.1 Å². The second-order valence-corrected chi connectivity index (χ2v) is 6.88. The van der Waals surface area contributed by atoms with Crippen LogP contribution in [0.15, 0.2) is 59.1 Å². The SMILES string of the molecule is CC1(c2cccc([N+](=O)[O-])c2)NC(=O)N(Cc2ncc(-c3ccc(F)cc3)o2)C1=O. The molecule has 1 aliphatic rings. The Balaban J connectivity index is 1.57. The van der Waals surface area contributed by atoms with E-state index in [2.05, 4.69) is 10.3 Å². The third-order valence-electron chi connectivity index (χ3n) is 4.88. The van der Waals surface area contributed by atoms with E-state index in [0.717, 1.165) is 4.90 Å². The number of carbonyl (C=O) groups excluding carboxylic acids is 2. The Bertz CT molecular complexity index is 1160. The molecule has 2 heterocycles. The largest absolute Gasteiger partial charge is 0.439 e. The Labute approximate surface area is 169 Å². The van der Waals surface area contributed by atoms with Crippen molar-refractivity contribution < 1.29 is 23.3 Å². The Morgan fingerprint density at radius 2 is 1.97 bits per heavy atom. The maximum atomic E-state index is 13.1. The van der Waals surface area contributed by atoms with Gasteiger partial charge in [0.15, 0.2) is 5.76 Å². The summed E-state index contributed by atoms with van der Waals surface area (Å²) in [5.74, 6) is -0.507. The molecule has 1 saturated heterocycles. The first kappa shape index (κ1) is 19.2. The van der Waals surface area contributed by atoms with Crippen LogP contribution in [0.2, 0.25) is 0 Å². The molecule has 30 heavy (non-hydrogen) atoms. The number of imide groups is 1. The van der Waals surface area contributed by atoms with Crippen molar-refractivity contribution in [2.24, 2.45) is 0 Å². The number of non-ortho nitro benzene ring substituents is 1. The minimum Gasteiger partial charge on any atom is -0.439 e. The van der Waals surface area contributed by atoms with Gasteiger partial charge in [0, 0.05) is 17.7 Å². The van der Waals surface area contributed by atoms with E-state index in [1.54, 1.807) is 0 Å². The van der Waals surface area contributed by atoms with Gasteiger partial charge in [-0.05, 0) is 36.8 Å². The molecular weight excluding hydrogens is 395 g/mol. The molecule has 1 N–H and O–H groups in total. The summed E-state index contributed by atoms with van der Waals surface area (Å²) in [7, 11) is 0. The van der Waals surface area contributed by atoms with E-state index in [4.69, 9.17) is 4.42 Å². The highest BCUT2D eigenvalue weighted by atomic mass is 19.1. The quantitative estimate of drug-likeness (QED) is 0.391. The molecule has 1 aliphatic heterocycles. The first-order valence-electron chi connectivity index (χ1n) is 8.87. The average molecular weight is 410 g/mol. The van der Waals surface area contributed by atoms with Crippen molar-refractivity contribution in [3.8, 4) is 11.3 Å². The lowest BCUT2D eigenvalue weighted by Crippen LogP contribution is -2.40. The molecule has 1 unspecified atom stereocenters. The number of carbonyl (C=O) groups is 2. The Morgan fingerprint density at radius 3 is 2.67 bits per heavy atom.